The van der Waals surface area contributed by atoms with E-state index in [0.29, 0.717) is 0 Å². The van der Waals surface area contributed by atoms with Gasteiger partial charge >= 0.3 is 0 Å². The molecule has 0 spiro atoms. The quantitative estimate of drug-likeness (QED) is 0.685. The molecule has 0 N–H and O–H groups in total. The first kappa shape index (κ1) is 10.6. The zero-order chi connectivity index (χ0) is 10.8. The second kappa shape index (κ2) is 4.31. The van der Waals surface area contributed by atoms with Crippen molar-refractivity contribution in [3.05, 3.63) is 57.4 Å². The van der Waals surface area contributed by atoms with Gasteiger partial charge in [-0.3, -0.25) is 0 Å². The first-order valence-corrected chi connectivity index (χ1v) is 5.77. The fraction of sp³-hybridized carbons (Fsp3) is 0.0769. The number of aryl methyl sites for hydroxylation is 1. The Morgan fingerprint density at radius 1 is 1.00 bits per heavy atom. The van der Waals surface area contributed by atoms with E-state index in [0.717, 1.165) is 14.7 Å². The molecule has 76 valence electrons. The summed E-state index contributed by atoms with van der Waals surface area (Å²) in [7, 11) is 0. The first-order chi connectivity index (χ1) is 7.18. The average molecular weight is 312 g/mol. The molecule has 2 aromatic carbocycles. The summed E-state index contributed by atoms with van der Waals surface area (Å²) < 4.78 is 14.2. The molecule has 0 aromatic heterocycles. The molecule has 0 amide bonds. The highest BCUT2D eigenvalue weighted by atomic mass is 127. The van der Waals surface area contributed by atoms with Crippen LogP contribution in [-0.4, -0.2) is 0 Å². The van der Waals surface area contributed by atoms with E-state index >= 15 is 0 Å². The topological polar surface area (TPSA) is 0 Å². The van der Waals surface area contributed by atoms with Crippen LogP contribution in [0.2, 0.25) is 0 Å². The highest BCUT2D eigenvalue weighted by molar-refractivity contribution is 14.1. The lowest BCUT2D eigenvalue weighted by molar-refractivity contribution is 0.628. The third-order valence-corrected chi connectivity index (χ3v) is 3.30. The lowest BCUT2D eigenvalue weighted by Crippen LogP contribution is -1.87. The minimum absolute atomic E-state index is 0.186. The summed E-state index contributed by atoms with van der Waals surface area (Å²) in [6.45, 7) is 2.04. The molecule has 0 heterocycles. The summed E-state index contributed by atoms with van der Waals surface area (Å²) in [4.78, 5) is 0. The summed E-state index contributed by atoms with van der Waals surface area (Å²) >= 11 is 2.23. The van der Waals surface area contributed by atoms with Gasteiger partial charge in [-0.1, -0.05) is 24.3 Å². The van der Waals surface area contributed by atoms with E-state index in [4.69, 9.17) is 0 Å². The van der Waals surface area contributed by atoms with E-state index in [1.54, 1.807) is 12.1 Å². The van der Waals surface area contributed by atoms with E-state index in [9.17, 15) is 4.39 Å². The molecular formula is C13H10FI. The lowest BCUT2D eigenvalue weighted by Gasteiger charge is -2.07. The van der Waals surface area contributed by atoms with Crippen molar-refractivity contribution >= 4 is 22.6 Å². The summed E-state index contributed by atoms with van der Waals surface area (Å²) in [6.07, 6.45) is 0. The van der Waals surface area contributed by atoms with Gasteiger partial charge in [0.25, 0.3) is 0 Å². The molecule has 0 aliphatic heterocycles. The smallest absolute Gasteiger partial charge is 0.123 e. The number of halogens is 2. The van der Waals surface area contributed by atoms with Crippen molar-refractivity contribution in [2.75, 3.05) is 0 Å². The second-order valence-electron chi connectivity index (χ2n) is 3.44. The van der Waals surface area contributed by atoms with Crippen molar-refractivity contribution in [3.8, 4) is 11.1 Å². The van der Waals surface area contributed by atoms with Gasteiger partial charge in [0.2, 0.25) is 0 Å². The molecule has 0 fully saturated rings. The van der Waals surface area contributed by atoms with Crippen LogP contribution >= 0.6 is 22.6 Å². The molecule has 0 bridgehead atoms. The van der Waals surface area contributed by atoms with Crippen LogP contribution in [0, 0.1) is 16.3 Å². The predicted molar refractivity (Wildman–Crippen MR) is 69.3 cm³/mol. The molecule has 2 heteroatoms. The van der Waals surface area contributed by atoms with Crippen LogP contribution in [0.25, 0.3) is 11.1 Å². The van der Waals surface area contributed by atoms with Gasteiger partial charge in [0.1, 0.15) is 5.82 Å². The molecule has 0 saturated carbocycles. The second-order valence-corrected chi connectivity index (χ2v) is 4.60. The molecule has 0 saturated heterocycles. The molecule has 2 rings (SSSR count). The Morgan fingerprint density at radius 3 is 2.47 bits per heavy atom. The van der Waals surface area contributed by atoms with E-state index in [2.05, 4.69) is 22.6 Å². The van der Waals surface area contributed by atoms with Crippen molar-refractivity contribution in [1.82, 2.24) is 0 Å². The molecule has 15 heavy (non-hydrogen) atoms. The van der Waals surface area contributed by atoms with Gasteiger partial charge in [0, 0.05) is 3.57 Å². The summed E-state index contributed by atoms with van der Waals surface area (Å²) in [5, 5.41) is 0. The molecule has 0 aliphatic carbocycles. The number of hydrogen-bond donors (Lipinski definition) is 0. The predicted octanol–water partition coefficient (Wildman–Crippen LogP) is 4.41. The molecule has 0 nitrogen and oxygen atoms in total. The summed E-state index contributed by atoms with van der Waals surface area (Å²) in [5.41, 5.74) is 3.23. The zero-order valence-corrected chi connectivity index (χ0v) is 10.5. The highest BCUT2D eigenvalue weighted by Crippen LogP contribution is 2.28. The van der Waals surface area contributed by atoms with Gasteiger partial charge in [0.15, 0.2) is 0 Å². The first-order valence-electron chi connectivity index (χ1n) is 4.69. The van der Waals surface area contributed by atoms with Crippen LogP contribution in [-0.2, 0) is 0 Å². The Hall–Kier alpha value is -0.900. The Bertz CT molecular complexity index is 492. The van der Waals surface area contributed by atoms with Gasteiger partial charge in [0.05, 0.1) is 0 Å². The number of rotatable bonds is 1. The van der Waals surface area contributed by atoms with Crippen LogP contribution in [0.5, 0.6) is 0 Å². The van der Waals surface area contributed by atoms with Gasteiger partial charge in [-0.25, -0.2) is 4.39 Å². The normalized spacial score (nSPS) is 10.3. The van der Waals surface area contributed by atoms with Gasteiger partial charge in [-0.15, -0.1) is 0 Å². The zero-order valence-electron chi connectivity index (χ0n) is 8.30. The third kappa shape index (κ3) is 2.20. The summed E-state index contributed by atoms with van der Waals surface area (Å²) in [5.74, 6) is -0.186. The molecule has 0 unspecified atom stereocenters. The van der Waals surface area contributed by atoms with Crippen molar-refractivity contribution in [2.45, 2.75) is 6.92 Å². The van der Waals surface area contributed by atoms with Crippen molar-refractivity contribution in [3.63, 3.8) is 0 Å². The highest BCUT2D eigenvalue weighted by Gasteiger charge is 2.06. The minimum Gasteiger partial charge on any atom is -0.207 e. The van der Waals surface area contributed by atoms with E-state index in [1.165, 1.54) is 11.6 Å². The SMILES string of the molecule is Cc1ccccc1-c1cc(F)ccc1I. The Morgan fingerprint density at radius 2 is 1.73 bits per heavy atom. The maximum absolute atomic E-state index is 13.2. The minimum atomic E-state index is -0.186. The number of benzene rings is 2. The molecule has 2 aromatic rings. The van der Waals surface area contributed by atoms with Crippen LogP contribution in [0.1, 0.15) is 5.56 Å². The Balaban J connectivity index is 2.64. The Labute approximate surface area is 102 Å². The average Bonchev–Trinajstić information content (AvgIpc) is 2.23. The van der Waals surface area contributed by atoms with Gasteiger partial charge < -0.3 is 0 Å². The maximum Gasteiger partial charge on any atom is 0.123 e. The molecule has 0 radical (unpaired) electrons. The summed E-state index contributed by atoms with van der Waals surface area (Å²) in [6, 6.07) is 12.9. The standard InChI is InChI=1S/C13H10FI/c1-9-4-2-3-5-11(9)12-8-10(14)6-7-13(12)15/h2-8H,1H3. The van der Waals surface area contributed by atoms with E-state index in [-0.39, 0.29) is 5.82 Å². The van der Waals surface area contributed by atoms with Crippen LogP contribution < -0.4 is 0 Å². The monoisotopic (exact) mass is 312 g/mol. The van der Waals surface area contributed by atoms with Gasteiger partial charge in [-0.2, -0.15) is 0 Å². The fourth-order valence-electron chi connectivity index (χ4n) is 1.58. The van der Waals surface area contributed by atoms with Crippen LogP contribution in [0.3, 0.4) is 0 Å². The Kier molecular flexibility index (Phi) is 3.05. The molecule has 0 atom stereocenters. The van der Waals surface area contributed by atoms with Gasteiger partial charge in [-0.05, 0) is 64.4 Å². The third-order valence-electron chi connectivity index (χ3n) is 2.36. The van der Waals surface area contributed by atoms with Crippen LogP contribution in [0.4, 0.5) is 4.39 Å². The lowest BCUT2D eigenvalue weighted by atomic mass is 10.0. The molecule has 0 aliphatic rings. The number of hydrogen-bond acceptors (Lipinski definition) is 0. The fourth-order valence-corrected chi connectivity index (χ4v) is 2.21. The molecular weight excluding hydrogens is 302 g/mol. The van der Waals surface area contributed by atoms with Crippen molar-refractivity contribution in [2.24, 2.45) is 0 Å². The maximum atomic E-state index is 13.2. The van der Waals surface area contributed by atoms with Crippen molar-refractivity contribution < 1.29 is 4.39 Å². The van der Waals surface area contributed by atoms with E-state index in [1.807, 2.05) is 31.2 Å². The van der Waals surface area contributed by atoms with E-state index < -0.39 is 0 Å². The van der Waals surface area contributed by atoms with Crippen LogP contribution in [0.15, 0.2) is 42.5 Å². The van der Waals surface area contributed by atoms with Crippen molar-refractivity contribution in [1.29, 1.82) is 0 Å². The largest absolute Gasteiger partial charge is 0.207 e.